The number of sulfonamides is 1. The van der Waals surface area contributed by atoms with Crippen molar-refractivity contribution in [1.82, 2.24) is 4.72 Å². The third-order valence-corrected chi connectivity index (χ3v) is 4.75. The van der Waals surface area contributed by atoms with Crippen LogP contribution < -0.4 is 10.5 Å². The summed E-state index contributed by atoms with van der Waals surface area (Å²) in [6.07, 6.45) is 0.588. The summed E-state index contributed by atoms with van der Waals surface area (Å²) >= 11 is 8.93. The van der Waals surface area contributed by atoms with Gasteiger partial charge in [0.15, 0.2) is 0 Å². The molecule has 0 saturated heterocycles. The first-order valence-corrected chi connectivity index (χ1v) is 7.68. The van der Waals surface area contributed by atoms with E-state index >= 15 is 0 Å². The average molecular weight is 342 g/mol. The summed E-state index contributed by atoms with van der Waals surface area (Å²) in [4.78, 5) is 0.173. The second-order valence-corrected chi connectivity index (χ2v) is 6.76. The van der Waals surface area contributed by atoms with Crippen LogP contribution in [-0.4, -0.2) is 21.0 Å². The van der Waals surface area contributed by atoms with Crippen LogP contribution in [0.5, 0.6) is 0 Å². The number of nitrogens with one attached hydrogen (secondary N) is 1. The highest BCUT2D eigenvalue weighted by Gasteiger charge is 2.17. The van der Waals surface area contributed by atoms with Crippen molar-refractivity contribution in [2.45, 2.75) is 24.3 Å². The van der Waals surface area contributed by atoms with E-state index in [-0.39, 0.29) is 10.9 Å². The van der Waals surface area contributed by atoms with Crippen LogP contribution in [0.25, 0.3) is 0 Å². The molecule has 96 valence electrons. The maximum Gasteiger partial charge on any atom is 0.241 e. The summed E-state index contributed by atoms with van der Waals surface area (Å²) in [7, 11) is -3.51. The normalized spacial score (nSPS) is 13.6. The Morgan fingerprint density at radius 3 is 2.71 bits per heavy atom. The molecule has 1 rings (SSSR count). The highest BCUT2D eigenvalue weighted by atomic mass is 79.9. The van der Waals surface area contributed by atoms with E-state index in [0.29, 0.717) is 22.5 Å². The van der Waals surface area contributed by atoms with Gasteiger partial charge in [-0.2, -0.15) is 0 Å². The van der Waals surface area contributed by atoms with Gasteiger partial charge in [-0.05, 0) is 47.5 Å². The molecule has 1 unspecified atom stereocenters. The van der Waals surface area contributed by atoms with Crippen LogP contribution in [-0.2, 0) is 10.0 Å². The molecule has 7 heteroatoms. The Bertz CT molecular complexity index is 491. The molecule has 1 aromatic carbocycles. The average Bonchev–Trinajstić information content (AvgIpc) is 2.15. The first kappa shape index (κ1) is 14.9. The molecule has 0 amide bonds. The smallest absolute Gasteiger partial charge is 0.241 e. The minimum atomic E-state index is -3.51. The van der Waals surface area contributed by atoms with Crippen molar-refractivity contribution < 1.29 is 8.42 Å². The van der Waals surface area contributed by atoms with Crippen LogP contribution in [0, 0.1) is 0 Å². The van der Waals surface area contributed by atoms with Crippen LogP contribution in [0.4, 0.5) is 0 Å². The first-order valence-electron chi connectivity index (χ1n) is 5.03. The minimum absolute atomic E-state index is 0.0358. The summed E-state index contributed by atoms with van der Waals surface area (Å²) < 4.78 is 26.8. The molecule has 0 aliphatic heterocycles. The van der Waals surface area contributed by atoms with Crippen LogP contribution in [0.2, 0.25) is 5.02 Å². The van der Waals surface area contributed by atoms with Crippen molar-refractivity contribution in [3.8, 4) is 0 Å². The Hall–Kier alpha value is -0.140. The lowest BCUT2D eigenvalue weighted by Crippen LogP contribution is -2.29. The molecule has 0 bridgehead atoms. The molecule has 0 aromatic heterocycles. The summed E-state index contributed by atoms with van der Waals surface area (Å²) in [6.45, 7) is 2.14. The van der Waals surface area contributed by atoms with E-state index in [1.54, 1.807) is 6.07 Å². The van der Waals surface area contributed by atoms with Gasteiger partial charge in [-0.15, -0.1) is 0 Å². The van der Waals surface area contributed by atoms with Crippen LogP contribution in [0.3, 0.4) is 0 Å². The Morgan fingerprint density at radius 2 is 2.18 bits per heavy atom. The van der Waals surface area contributed by atoms with Crippen LogP contribution in [0.15, 0.2) is 27.6 Å². The fourth-order valence-electron chi connectivity index (χ4n) is 1.19. The van der Waals surface area contributed by atoms with Gasteiger partial charge in [-0.3, -0.25) is 0 Å². The second-order valence-electron chi connectivity index (χ2n) is 3.74. The van der Waals surface area contributed by atoms with Crippen molar-refractivity contribution in [2.75, 3.05) is 6.54 Å². The molecule has 1 atom stereocenters. The lowest BCUT2D eigenvalue weighted by molar-refractivity contribution is 0.571. The van der Waals surface area contributed by atoms with Crippen LogP contribution in [0.1, 0.15) is 13.3 Å². The van der Waals surface area contributed by atoms with E-state index in [2.05, 4.69) is 20.7 Å². The summed E-state index contributed by atoms with van der Waals surface area (Å²) in [5.41, 5.74) is 5.55. The molecule has 0 spiro atoms. The molecule has 0 fully saturated rings. The van der Waals surface area contributed by atoms with Gasteiger partial charge in [-0.1, -0.05) is 11.6 Å². The van der Waals surface area contributed by atoms with Gasteiger partial charge in [0.25, 0.3) is 0 Å². The van der Waals surface area contributed by atoms with Gasteiger partial charge in [0.05, 0.1) is 4.90 Å². The van der Waals surface area contributed by atoms with E-state index < -0.39 is 10.0 Å². The first-order chi connectivity index (χ1) is 7.83. The van der Waals surface area contributed by atoms with Gasteiger partial charge < -0.3 is 5.73 Å². The topological polar surface area (TPSA) is 72.2 Å². The fourth-order valence-corrected chi connectivity index (χ4v) is 3.62. The van der Waals surface area contributed by atoms with Crippen molar-refractivity contribution >= 4 is 37.6 Å². The molecule has 0 heterocycles. The molecule has 0 aliphatic rings. The number of rotatable bonds is 5. The standard InChI is InChI=1S/C10H14BrClN2O2S/c1-7(13)4-5-14-17(15,16)10-3-2-8(12)6-9(10)11/h2-3,6-7,14H,4-5,13H2,1H3. The molecular weight excluding hydrogens is 328 g/mol. The molecule has 0 radical (unpaired) electrons. The Balaban J connectivity index is 2.83. The second kappa shape index (κ2) is 6.15. The van der Waals surface area contributed by atoms with Gasteiger partial charge in [0.1, 0.15) is 0 Å². The SMILES string of the molecule is CC(N)CCNS(=O)(=O)c1ccc(Cl)cc1Br. The third-order valence-electron chi connectivity index (χ3n) is 2.08. The van der Waals surface area contributed by atoms with Crippen molar-refractivity contribution in [3.63, 3.8) is 0 Å². The van der Waals surface area contributed by atoms with Gasteiger partial charge in [0.2, 0.25) is 10.0 Å². The van der Waals surface area contributed by atoms with E-state index in [0.717, 1.165) is 0 Å². The molecule has 0 saturated carbocycles. The van der Waals surface area contributed by atoms with E-state index in [4.69, 9.17) is 17.3 Å². The zero-order valence-corrected chi connectivity index (χ0v) is 12.4. The van der Waals surface area contributed by atoms with Crippen molar-refractivity contribution in [2.24, 2.45) is 5.73 Å². The van der Waals surface area contributed by atoms with Crippen molar-refractivity contribution in [1.29, 1.82) is 0 Å². The predicted octanol–water partition coefficient (Wildman–Crippen LogP) is 2.12. The number of hydrogen-bond acceptors (Lipinski definition) is 3. The number of benzene rings is 1. The number of halogens is 2. The van der Waals surface area contributed by atoms with Gasteiger partial charge in [-0.25, -0.2) is 13.1 Å². The molecule has 0 aliphatic carbocycles. The molecule has 3 N–H and O–H groups in total. The Kier molecular flexibility index (Phi) is 5.40. The quantitative estimate of drug-likeness (QED) is 0.861. The highest BCUT2D eigenvalue weighted by Crippen LogP contribution is 2.25. The lowest BCUT2D eigenvalue weighted by Gasteiger charge is -2.09. The Morgan fingerprint density at radius 1 is 1.53 bits per heavy atom. The summed E-state index contributed by atoms with van der Waals surface area (Å²) in [5.74, 6) is 0. The van der Waals surface area contributed by atoms with Crippen LogP contribution >= 0.6 is 27.5 Å². The number of hydrogen-bond donors (Lipinski definition) is 2. The maximum atomic E-state index is 11.9. The number of nitrogens with two attached hydrogens (primary N) is 1. The molecule has 1 aromatic rings. The third kappa shape index (κ3) is 4.56. The zero-order valence-electron chi connectivity index (χ0n) is 9.28. The minimum Gasteiger partial charge on any atom is -0.328 e. The molecular formula is C10H14BrClN2O2S. The molecule has 4 nitrogen and oxygen atoms in total. The zero-order chi connectivity index (χ0) is 13.1. The maximum absolute atomic E-state index is 11.9. The predicted molar refractivity (Wildman–Crippen MR) is 72.6 cm³/mol. The van der Waals surface area contributed by atoms with Gasteiger partial charge in [0, 0.05) is 22.1 Å². The van der Waals surface area contributed by atoms with E-state index in [9.17, 15) is 8.42 Å². The fraction of sp³-hybridized carbons (Fsp3) is 0.400. The lowest BCUT2D eigenvalue weighted by atomic mass is 10.3. The Labute approximate surface area is 115 Å². The summed E-state index contributed by atoms with van der Waals surface area (Å²) in [5, 5.41) is 0.478. The summed E-state index contributed by atoms with van der Waals surface area (Å²) in [6, 6.07) is 4.50. The van der Waals surface area contributed by atoms with Crippen molar-refractivity contribution in [3.05, 3.63) is 27.7 Å². The largest absolute Gasteiger partial charge is 0.328 e. The monoisotopic (exact) mass is 340 g/mol. The molecule has 17 heavy (non-hydrogen) atoms. The highest BCUT2D eigenvalue weighted by molar-refractivity contribution is 9.10. The van der Waals surface area contributed by atoms with E-state index in [1.807, 2.05) is 6.92 Å². The van der Waals surface area contributed by atoms with E-state index in [1.165, 1.54) is 12.1 Å². The van der Waals surface area contributed by atoms with Gasteiger partial charge >= 0.3 is 0 Å².